The molecule has 1 aromatic carbocycles. The fourth-order valence-corrected chi connectivity index (χ4v) is 3.43. The van der Waals surface area contributed by atoms with Crippen LogP contribution in [0.25, 0.3) is 0 Å². The lowest BCUT2D eigenvalue weighted by Gasteiger charge is -2.47. The Morgan fingerprint density at radius 3 is 2.27 bits per heavy atom. The highest BCUT2D eigenvalue weighted by Gasteiger charge is 2.39. The standard InChI is InChI=1S/C14H19N/c1-2-6-13(7-3-1)14-8-4-10-15(12-14)11-5-9-14/h1-3,6-7H,4-5,8-12H2. The van der Waals surface area contributed by atoms with Gasteiger partial charge in [0.2, 0.25) is 0 Å². The predicted octanol–water partition coefficient (Wildman–Crippen LogP) is 2.81. The van der Waals surface area contributed by atoms with Crippen molar-refractivity contribution in [2.24, 2.45) is 0 Å². The molecule has 2 aliphatic heterocycles. The van der Waals surface area contributed by atoms with Crippen molar-refractivity contribution in [2.45, 2.75) is 31.1 Å². The number of rotatable bonds is 1. The van der Waals surface area contributed by atoms with E-state index in [1.165, 1.54) is 45.3 Å². The van der Waals surface area contributed by atoms with Gasteiger partial charge in [-0.15, -0.1) is 0 Å². The van der Waals surface area contributed by atoms with Gasteiger partial charge < -0.3 is 4.90 Å². The summed E-state index contributed by atoms with van der Waals surface area (Å²) in [4.78, 5) is 2.65. The summed E-state index contributed by atoms with van der Waals surface area (Å²) in [5.74, 6) is 0. The van der Waals surface area contributed by atoms with Crippen LogP contribution in [0, 0.1) is 0 Å². The van der Waals surface area contributed by atoms with Gasteiger partial charge in [-0.1, -0.05) is 30.3 Å². The Morgan fingerprint density at radius 2 is 1.60 bits per heavy atom. The zero-order chi connectivity index (χ0) is 10.1. The molecule has 0 saturated carbocycles. The number of nitrogens with zero attached hydrogens (tertiary/aromatic N) is 1. The lowest BCUT2D eigenvalue weighted by molar-refractivity contribution is 0.0943. The van der Waals surface area contributed by atoms with Gasteiger partial charge in [0.1, 0.15) is 0 Å². The van der Waals surface area contributed by atoms with Gasteiger partial charge in [-0.05, 0) is 44.3 Å². The first-order valence-electron chi connectivity index (χ1n) is 6.17. The largest absolute Gasteiger partial charge is 0.302 e. The first-order valence-corrected chi connectivity index (χ1v) is 6.17. The van der Waals surface area contributed by atoms with E-state index in [0.29, 0.717) is 5.41 Å². The van der Waals surface area contributed by atoms with E-state index in [1.807, 2.05) is 0 Å². The van der Waals surface area contributed by atoms with E-state index in [2.05, 4.69) is 35.2 Å². The summed E-state index contributed by atoms with van der Waals surface area (Å²) in [5, 5.41) is 0. The number of fused-ring (bicyclic) bond motifs is 2. The highest BCUT2D eigenvalue weighted by Crippen LogP contribution is 2.40. The van der Waals surface area contributed by atoms with Crippen LogP contribution in [0.3, 0.4) is 0 Å². The molecule has 0 amide bonds. The zero-order valence-electron chi connectivity index (χ0n) is 9.28. The van der Waals surface area contributed by atoms with Gasteiger partial charge in [0.05, 0.1) is 0 Å². The van der Waals surface area contributed by atoms with E-state index in [9.17, 15) is 0 Å². The molecule has 1 heteroatoms. The minimum atomic E-state index is 0.498. The molecule has 1 nitrogen and oxygen atoms in total. The Labute approximate surface area is 92.1 Å². The van der Waals surface area contributed by atoms with Crippen LogP contribution < -0.4 is 0 Å². The summed E-state index contributed by atoms with van der Waals surface area (Å²) in [6.07, 6.45) is 5.56. The first kappa shape index (κ1) is 9.41. The van der Waals surface area contributed by atoms with E-state index >= 15 is 0 Å². The Kier molecular flexibility index (Phi) is 2.28. The quantitative estimate of drug-likeness (QED) is 0.675. The second-order valence-corrected chi connectivity index (χ2v) is 5.13. The molecule has 1 aromatic rings. The van der Waals surface area contributed by atoms with E-state index in [0.717, 1.165) is 0 Å². The van der Waals surface area contributed by atoms with Gasteiger partial charge in [0, 0.05) is 12.0 Å². The molecule has 3 rings (SSSR count). The Hall–Kier alpha value is -0.820. The van der Waals surface area contributed by atoms with E-state index in [1.54, 1.807) is 5.56 Å². The molecule has 2 bridgehead atoms. The molecule has 0 radical (unpaired) electrons. The lowest BCUT2D eigenvalue weighted by Crippen LogP contribution is -2.50. The van der Waals surface area contributed by atoms with Crippen molar-refractivity contribution in [1.82, 2.24) is 4.90 Å². The fraction of sp³-hybridized carbons (Fsp3) is 0.571. The maximum atomic E-state index is 2.65. The maximum Gasteiger partial charge on any atom is 0.00812 e. The Balaban J connectivity index is 1.95. The molecule has 80 valence electrons. The molecule has 0 aromatic heterocycles. The van der Waals surface area contributed by atoms with Crippen molar-refractivity contribution >= 4 is 0 Å². The van der Waals surface area contributed by atoms with Crippen molar-refractivity contribution in [1.29, 1.82) is 0 Å². The lowest BCUT2D eigenvalue weighted by atomic mass is 9.69. The molecule has 2 saturated heterocycles. The fourth-order valence-electron chi connectivity index (χ4n) is 3.43. The third-order valence-electron chi connectivity index (χ3n) is 4.17. The Morgan fingerprint density at radius 1 is 0.933 bits per heavy atom. The van der Waals surface area contributed by atoms with Gasteiger partial charge in [-0.2, -0.15) is 0 Å². The van der Waals surface area contributed by atoms with Gasteiger partial charge >= 0.3 is 0 Å². The minimum absolute atomic E-state index is 0.498. The number of hydrogen-bond acceptors (Lipinski definition) is 1. The molecule has 0 spiro atoms. The van der Waals surface area contributed by atoms with Crippen LogP contribution in [0.5, 0.6) is 0 Å². The van der Waals surface area contributed by atoms with Crippen LogP contribution in [-0.4, -0.2) is 24.5 Å². The summed E-state index contributed by atoms with van der Waals surface area (Å²) < 4.78 is 0. The van der Waals surface area contributed by atoms with Gasteiger partial charge in [-0.25, -0.2) is 0 Å². The number of benzene rings is 1. The summed E-state index contributed by atoms with van der Waals surface area (Å²) in [6.45, 7) is 3.96. The highest BCUT2D eigenvalue weighted by molar-refractivity contribution is 5.27. The van der Waals surface area contributed by atoms with Gasteiger partial charge in [0.15, 0.2) is 0 Å². The third kappa shape index (κ3) is 1.59. The molecule has 0 unspecified atom stereocenters. The molecule has 0 atom stereocenters. The SMILES string of the molecule is c1ccc(C23CCCN(CCC2)C3)cc1. The van der Waals surface area contributed by atoms with Gasteiger partial charge in [0.25, 0.3) is 0 Å². The van der Waals surface area contributed by atoms with Crippen LogP contribution in [-0.2, 0) is 5.41 Å². The normalized spacial score (nSPS) is 35.1. The number of hydrogen-bond donors (Lipinski definition) is 0. The third-order valence-corrected chi connectivity index (χ3v) is 4.17. The zero-order valence-corrected chi connectivity index (χ0v) is 9.28. The van der Waals surface area contributed by atoms with Crippen LogP contribution in [0.1, 0.15) is 31.2 Å². The van der Waals surface area contributed by atoms with Crippen molar-refractivity contribution in [3.05, 3.63) is 35.9 Å². The van der Waals surface area contributed by atoms with Crippen molar-refractivity contribution in [2.75, 3.05) is 19.6 Å². The molecular formula is C14H19N. The van der Waals surface area contributed by atoms with E-state index in [4.69, 9.17) is 0 Å². The molecule has 2 heterocycles. The van der Waals surface area contributed by atoms with E-state index in [-0.39, 0.29) is 0 Å². The summed E-state index contributed by atoms with van der Waals surface area (Å²) >= 11 is 0. The van der Waals surface area contributed by atoms with Crippen LogP contribution >= 0.6 is 0 Å². The van der Waals surface area contributed by atoms with E-state index < -0.39 is 0 Å². The summed E-state index contributed by atoms with van der Waals surface area (Å²) in [5.41, 5.74) is 2.08. The predicted molar refractivity (Wildman–Crippen MR) is 63.0 cm³/mol. The second kappa shape index (κ2) is 3.64. The molecule has 2 fully saturated rings. The topological polar surface area (TPSA) is 3.24 Å². The molecule has 2 aliphatic rings. The minimum Gasteiger partial charge on any atom is -0.302 e. The summed E-state index contributed by atoms with van der Waals surface area (Å²) in [7, 11) is 0. The molecule has 0 aliphatic carbocycles. The van der Waals surface area contributed by atoms with Crippen molar-refractivity contribution in [3.63, 3.8) is 0 Å². The average molecular weight is 201 g/mol. The van der Waals surface area contributed by atoms with Crippen molar-refractivity contribution in [3.8, 4) is 0 Å². The van der Waals surface area contributed by atoms with Crippen LogP contribution in [0.15, 0.2) is 30.3 Å². The highest BCUT2D eigenvalue weighted by atomic mass is 15.1. The smallest absolute Gasteiger partial charge is 0.00812 e. The van der Waals surface area contributed by atoms with Crippen molar-refractivity contribution < 1.29 is 0 Å². The van der Waals surface area contributed by atoms with Crippen LogP contribution in [0.2, 0.25) is 0 Å². The maximum absolute atomic E-state index is 2.65. The Bertz CT molecular complexity index is 320. The first-order chi connectivity index (χ1) is 7.39. The molecule has 0 N–H and O–H groups in total. The molecule has 15 heavy (non-hydrogen) atoms. The summed E-state index contributed by atoms with van der Waals surface area (Å²) in [6, 6.07) is 11.2. The van der Waals surface area contributed by atoms with Crippen LogP contribution in [0.4, 0.5) is 0 Å². The monoisotopic (exact) mass is 201 g/mol. The van der Waals surface area contributed by atoms with Gasteiger partial charge in [-0.3, -0.25) is 0 Å². The number of piperidine rings is 2. The molecular weight excluding hydrogens is 182 g/mol. The average Bonchev–Trinajstić information content (AvgIpc) is 2.30. The second-order valence-electron chi connectivity index (χ2n) is 5.13.